The number of benzene rings is 2. The van der Waals surface area contributed by atoms with Crippen LogP contribution in [0.4, 0.5) is 5.69 Å². The van der Waals surface area contributed by atoms with Gasteiger partial charge in [-0.15, -0.1) is 0 Å². The average Bonchev–Trinajstić information content (AvgIpc) is 2.45. The van der Waals surface area contributed by atoms with E-state index in [9.17, 15) is 4.79 Å². The van der Waals surface area contributed by atoms with Crippen molar-refractivity contribution in [3.63, 3.8) is 0 Å². The highest BCUT2D eigenvalue weighted by Crippen LogP contribution is 2.20. The Bertz CT molecular complexity index is 599. The highest BCUT2D eigenvalue weighted by atomic mass is 35.5. The van der Waals surface area contributed by atoms with Gasteiger partial charge in [0, 0.05) is 19.3 Å². The Morgan fingerprint density at radius 3 is 2.55 bits per heavy atom. The fraction of sp³-hybridized carbons (Fsp3) is 0.188. The number of amides is 1. The van der Waals surface area contributed by atoms with Crippen LogP contribution >= 0.6 is 11.6 Å². The summed E-state index contributed by atoms with van der Waals surface area (Å²) in [6.45, 7) is 0.642. The van der Waals surface area contributed by atoms with Gasteiger partial charge in [0.05, 0.1) is 10.6 Å². The summed E-state index contributed by atoms with van der Waals surface area (Å²) in [7, 11) is 1.78. The van der Waals surface area contributed by atoms with Gasteiger partial charge in [-0.1, -0.05) is 41.9 Å². The summed E-state index contributed by atoms with van der Waals surface area (Å²) in [5, 5.41) is 0.390. The average molecular weight is 289 g/mol. The first-order valence-corrected chi connectivity index (χ1v) is 6.80. The number of rotatable bonds is 4. The Balaban J connectivity index is 2.01. The standard InChI is InChI=1S/C16H17ClN2O/c1-19(10-9-12-5-3-2-4-6-12)16(20)14-8-7-13(18)11-15(14)17/h2-8,11H,9-10,18H2,1H3. The van der Waals surface area contributed by atoms with Crippen molar-refractivity contribution in [3.05, 3.63) is 64.7 Å². The van der Waals surface area contributed by atoms with Crippen LogP contribution in [0.2, 0.25) is 5.02 Å². The van der Waals surface area contributed by atoms with Gasteiger partial charge in [-0.05, 0) is 30.2 Å². The smallest absolute Gasteiger partial charge is 0.255 e. The van der Waals surface area contributed by atoms with Crippen LogP contribution in [0.25, 0.3) is 0 Å². The zero-order valence-corrected chi connectivity index (χ0v) is 12.1. The second-order valence-corrected chi connectivity index (χ2v) is 5.11. The maximum Gasteiger partial charge on any atom is 0.255 e. The third-order valence-electron chi connectivity index (χ3n) is 3.15. The molecule has 2 N–H and O–H groups in total. The summed E-state index contributed by atoms with van der Waals surface area (Å²) in [6.07, 6.45) is 0.815. The molecule has 2 rings (SSSR count). The molecule has 1 amide bonds. The molecule has 0 saturated carbocycles. The SMILES string of the molecule is CN(CCc1ccccc1)C(=O)c1ccc(N)cc1Cl. The lowest BCUT2D eigenvalue weighted by Crippen LogP contribution is -2.29. The number of hydrogen-bond acceptors (Lipinski definition) is 2. The van der Waals surface area contributed by atoms with Gasteiger partial charge in [-0.25, -0.2) is 0 Å². The largest absolute Gasteiger partial charge is 0.399 e. The maximum atomic E-state index is 12.3. The van der Waals surface area contributed by atoms with Crippen LogP contribution in [0.5, 0.6) is 0 Å². The Kier molecular flexibility index (Phi) is 4.64. The van der Waals surface area contributed by atoms with Gasteiger partial charge < -0.3 is 10.6 Å². The lowest BCUT2D eigenvalue weighted by Gasteiger charge is -2.18. The number of nitrogens with two attached hydrogens (primary N) is 1. The number of nitrogens with zero attached hydrogens (tertiary/aromatic N) is 1. The van der Waals surface area contributed by atoms with Crippen molar-refractivity contribution in [1.29, 1.82) is 0 Å². The van der Waals surface area contributed by atoms with Gasteiger partial charge in [0.25, 0.3) is 5.91 Å². The molecule has 2 aromatic carbocycles. The maximum absolute atomic E-state index is 12.3. The molecule has 4 heteroatoms. The Morgan fingerprint density at radius 2 is 1.90 bits per heavy atom. The highest BCUT2D eigenvalue weighted by molar-refractivity contribution is 6.34. The van der Waals surface area contributed by atoms with E-state index in [1.165, 1.54) is 5.56 Å². The van der Waals surface area contributed by atoms with E-state index in [1.807, 2.05) is 18.2 Å². The van der Waals surface area contributed by atoms with Crippen molar-refractivity contribution in [2.45, 2.75) is 6.42 Å². The predicted molar refractivity (Wildman–Crippen MR) is 83.0 cm³/mol. The van der Waals surface area contributed by atoms with Gasteiger partial charge in [0.15, 0.2) is 0 Å². The molecule has 0 aromatic heterocycles. The quantitative estimate of drug-likeness (QED) is 0.878. The molecule has 104 valence electrons. The Labute approximate surface area is 124 Å². The van der Waals surface area contributed by atoms with Gasteiger partial charge in [0.2, 0.25) is 0 Å². The molecule has 0 radical (unpaired) electrons. The second kappa shape index (κ2) is 6.44. The summed E-state index contributed by atoms with van der Waals surface area (Å²) in [6, 6.07) is 15.0. The molecule has 0 aliphatic carbocycles. The first-order valence-electron chi connectivity index (χ1n) is 6.42. The summed E-state index contributed by atoms with van der Waals surface area (Å²) < 4.78 is 0. The number of carbonyl (C=O) groups excluding carboxylic acids is 1. The van der Waals surface area contributed by atoms with Crippen LogP contribution in [0.15, 0.2) is 48.5 Å². The van der Waals surface area contributed by atoms with Gasteiger partial charge >= 0.3 is 0 Å². The number of anilines is 1. The lowest BCUT2D eigenvalue weighted by atomic mass is 10.1. The van der Waals surface area contributed by atoms with Crippen molar-refractivity contribution < 1.29 is 4.79 Å². The van der Waals surface area contributed by atoms with E-state index in [2.05, 4.69) is 12.1 Å². The van der Waals surface area contributed by atoms with Crippen LogP contribution in [-0.2, 0) is 6.42 Å². The number of likely N-dealkylation sites (N-methyl/N-ethyl adjacent to an activating group) is 1. The van der Waals surface area contributed by atoms with Crippen molar-refractivity contribution in [3.8, 4) is 0 Å². The minimum absolute atomic E-state index is 0.0917. The van der Waals surface area contributed by atoms with Crippen molar-refractivity contribution >= 4 is 23.2 Å². The Hall–Kier alpha value is -2.00. The molecule has 0 bridgehead atoms. The summed E-state index contributed by atoms with van der Waals surface area (Å²) in [5.74, 6) is -0.0917. The third kappa shape index (κ3) is 3.52. The first-order chi connectivity index (χ1) is 9.58. The predicted octanol–water partition coefficient (Wildman–Crippen LogP) is 3.24. The van der Waals surface area contributed by atoms with Crippen LogP contribution in [0.1, 0.15) is 15.9 Å². The minimum Gasteiger partial charge on any atom is -0.399 e. The van der Waals surface area contributed by atoms with Gasteiger partial charge in [-0.3, -0.25) is 4.79 Å². The molecular formula is C16H17ClN2O. The van der Waals surface area contributed by atoms with E-state index in [0.29, 0.717) is 22.8 Å². The molecule has 0 heterocycles. The van der Waals surface area contributed by atoms with Gasteiger partial charge in [-0.2, -0.15) is 0 Å². The molecule has 3 nitrogen and oxygen atoms in total. The number of nitrogen functional groups attached to an aromatic ring is 1. The lowest BCUT2D eigenvalue weighted by molar-refractivity contribution is 0.0797. The van der Waals surface area contributed by atoms with Crippen molar-refractivity contribution in [2.24, 2.45) is 0 Å². The minimum atomic E-state index is -0.0917. The topological polar surface area (TPSA) is 46.3 Å². The summed E-state index contributed by atoms with van der Waals surface area (Å²) >= 11 is 6.06. The van der Waals surface area contributed by atoms with Crippen LogP contribution in [-0.4, -0.2) is 24.4 Å². The molecule has 0 aliphatic heterocycles. The Morgan fingerprint density at radius 1 is 1.20 bits per heavy atom. The first kappa shape index (κ1) is 14.4. The van der Waals surface area contributed by atoms with Crippen molar-refractivity contribution in [2.75, 3.05) is 19.3 Å². The molecule has 2 aromatic rings. The van der Waals surface area contributed by atoms with E-state index in [1.54, 1.807) is 30.1 Å². The zero-order valence-electron chi connectivity index (χ0n) is 11.3. The normalized spacial score (nSPS) is 10.3. The molecule has 0 atom stereocenters. The molecule has 0 spiro atoms. The van der Waals surface area contributed by atoms with Crippen LogP contribution in [0.3, 0.4) is 0 Å². The third-order valence-corrected chi connectivity index (χ3v) is 3.46. The molecule has 0 saturated heterocycles. The van der Waals surface area contributed by atoms with E-state index in [-0.39, 0.29) is 5.91 Å². The monoisotopic (exact) mass is 288 g/mol. The fourth-order valence-corrected chi connectivity index (χ4v) is 2.22. The van der Waals surface area contributed by atoms with E-state index >= 15 is 0 Å². The summed E-state index contributed by atoms with van der Waals surface area (Å²) in [4.78, 5) is 14.0. The molecule has 0 unspecified atom stereocenters. The molecular weight excluding hydrogens is 272 g/mol. The molecule has 0 aliphatic rings. The van der Waals surface area contributed by atoms with Gasteiger partial charge in [0.1, 0.15) is 0 Å². The van der Waals surface area contributed by atoms with Crippen LogP contribution < -0.4 is 5.73 Å². The molecule has 0 fully saturated rings. The van der Waals surface area contributed by atoms with Crippen molar-refractivity contribution in [1.82, 2.24) is 4.90 Å². The van der Waals surface area contributed by atoms with E-state index in [0.717, 1.165) is 6.42 Å². The second-order valence-electron chi connectivity index (χ2n) is 4.70. The number of carbonyl (C=O) groups is 1. The van der Waals surface area contributed by atoms with E-state index in [4.69, 9.17) is 17.3 Å². The molecule has 20 heavy (non-hydrogen) atoms. The van der Waals surface area contributed by atoms with E-state index < -0.39 is 0 Å². The fourth-order valence-electron chi connectivity index (χ4n) is 1.95. The van der Waals surface area contributed by atoms with Crippen LogP contribution in [0, 0.1) is 0 Å². The number of halogens is 1. The number of hydrogen-bond donors (Lipinski definition) is 1. The summed E-state index contributed by atoms with van der Waals surface area (Å²) in [5.41, 5.74) is 7.87. The highest BCUT2D eigenvalue weighted by Gasteiger charge is 2.14. The zero-order chi connectivity index (χ0) is 14.5.